The number of aryl methyl sites for hydroxylation is 1. The van der Waals surface area contributed by atoms with Crippen molar-refractivity contribution < 1.29 is 4.39 Å². The van der Waals surface area contributed by atoms with Crippen molar-refractivity contribution in [2.24, 2.45) is 0 Å². The van der Waals surface area contributed by atoms with Crippen LogP contribution in [-0.2, 0) is 6.42 Å². The van der Waals surface area contributed by atoms with Crippen molar-refractivity contribution in [3.05, 3.63) is 64.4 Å². The predicted octanol–water partition coefficient (Wildman–Crippen LogP) is 4.71. The number of rotatable bonds is 6. The summed E-state index contributed by atoms with van der Waals surface area (Å²) >= 11 is 7.93. The third-order valence-corrected chi connectivity index (χ3v) is 5.11. The fourth-order valence-corrected chi connectivity index (χ4v) is 3.49. The maximum Gasteiger partial charge on any atom is 0.124 e. The highest BCUT2D eigenvalue weighted by Crippen LogP contribution is 2.24. The zero-order valence-electron chi connectivity index (χ0n) is 12.2. The largest absolute Gasteiger partial charge is 0.316 e. The van der Waals surface area contributed by atoms with Crippen LogP contribution in [0.15, 0.2) is 47.4 Å². The molecule has 0 saturated heterocycles. The number of hydrogen-bond donors (Lipinski definition) is 1. The average Bonchev–Trinajstić information content (AvgIpc) is 2.47. The van der Waals surface area contributed by atoms with Gasteiger partial charge in [-0.1, -0.05) is 35.9 Å². The molecule has 2 rings (SSSR count). The fourth-order valence-electron chi connectivity index (χ4n) is 2.11. The molecule has 0 bridgehead atoms. The molecule has 2 aromatic carbocycles. The molecule has 1 atom stereocenters. The number of hydrogen-bond acceptors (Lipinski definition) is 2. The van der Waals surface area contributed by atoms with Crippen LogP contribution in [0.4, 0.5) is 4.39 Å². The minimum Gasteiger partial charge on any atom is -0.316 e. The lowest BCUT2D eigenvalue weighted by Gasteiger charge is -2.17. The van der Waals surface area contributed by atoms with E-state index in [-0.39, 0.29) is 11.9 Å². The zero-order valence-corrected chi connectivity index (χ0v) is 13.8. The topological polar surface area (TPSA) is 12.0 Å². The summed E-state index contributed by atoms with van der Waals surface area (Å²) in [5, 5.41) is 3.81. The van der Waals surface area contributed by atoms with E-state index in [1.54, 1.807) is 6.07 Å². The smallest absolute Gasteiger partial charge is 0.124 e. The summed E-state index contributed by atoms with van der Waals surface area (Å²) in [4.78, 5) is 1.29. The normalized spacial score (nSPS) is 12.4. The molecule has 0 fully saturated rings. The maximum atomic E-state index is 13.1. The Morgan fingerprint density at radius 1 is 1.24 bits per heavy atom. The Kier molecular flexibility index (Phi) is 6.09. The van der Waals surface area contributed by atoms with Crippen molar-refractivity contribution >= 4 is 23.4 Å². The lowest BCUT2D eigenvalue weighted by atomic mass is 10.1. The Morgan fingerprint density at radius 2 is 2.00 bits per heavy atom. The lowest BCUT2D eigenvalue weighted by molar-refractivity contribution is 0.610. The first kappa shape index (κ1) is 16.3. The third kappa shape index (κ3) is 4.73. The van der Waals surface area contributed by atoms with Gasteiger partial charge in [-0.3, -0.25) is 0 Å². The Balaban J connectivity index is 1.99. The highest BCUT2D eigenvalue weighted by Gasteiger charge is 2.11. The highest BCUT2D eigenvalue weighted by atomic mass is 35.5. The molecule has 0 aliphatic rings. The van der Waals surface area contributed by atoms with E-state index in [1.165, 1.54) is 22.6 Å². The SMILES string of the molecule is CNC(CSc1ccccc1C)Cc1ccc(F)cc1Cl. The summed E-state index contributed by atoms with van der Waals surface area (Å²) in [6, 6.07) is 13.2. The van der Waals surface area contributed by atoms with E-state index in [0.717, 1.165) is 17.7 Å². The Hall–Kier alpha value is -1.03. The van der Waals surface area contributed by atoms with Crippen LogP contribution in [0.5, 0.6) is 0 Å². The van der Waals surface area contributed by atoms with Crippen LogP contribution in [0.3, 0.4) is 0 Å². The van der Waals surface area contributed by atoms with Gasteiger partial charge >= 0.3 is 0 Å². The van der Waals surface area contributed by atoms with Gasteiger partial charge in [0.1, 0.15) is 5.82 Å². The van der Waals surface area contributed by atoms with E-state index in [9.17, 15) is 4.39 Å². The standard InChI is InChI=1S/C17H19ClFNS/c1-12-5-3-4-6-17(12)21-11-15(20-2)9-13-7-8-14(19)10-16(13)18/h3-8,10,15,20H,9,11H2,1-2H3. The summed E-state index contributed by atoms with van der Waals surface area (Å²) in [6.45, 7) is 2.12. The van der Waals surface area contributed by atoms with Gasteiger partial charge in [0.25, 0.3) is 0 Å². The zero-order chi connectivity index (χ0) is 15.2. The van der Waals surface area contributed by atoms with Gasteiger partial charge in [-0.05, 0) is 49.7 Å². The molecular formula is C17H19ClFNS. The molecule has 0 radical (unpaired) electrons. The van der Waals surface area contributed by atoms with E-state index in [4.69, 9.17) is 11.6 Å². The molecule has 1 N–H and O–H groups in total. The predicted molar refractivity (Wildman–Crippen MR) is 89.9 cm³/mol. The molecule has 112 valence electrons. The van der Waals surface area contributed by atoms with Crippen molar-refractivity contribution in [1.29, 1.82) is 0 Å². The van der Waals surface area contributed by atoms with Gasteiger partial charge in [-0.2, -0.15) is 0 Å². The quantitative estimate of drug-likeness (QED) is 0.773. The van der Waals surface area contributed by atoms with Crippen LogP contribution in [0.1, 0.15) is 11.1 Å². The number of benzene rings is 2. The minimum absolute atomic E-state index is 0.289. The molecule has 0 amide bonds. The van der Waals surface area contributed by atoms with Crippen LogP contribution in [-0.4, -0.2) is 18.8 Å². The van der Waals surface area contributed by atoms with E-state index in [2.05, 4.69) is 30.4 Å². The van der Waals surface area contributed by atoms with E-state index in [1.807, 2.05) is 24.9 Å². The summed E-state index contributed by atoms with van der Waals surface area (Å²) in [7, 11) is 1.94. The molecule has 1 unspecified atom stereocenters. The Bertz CT molecular complexity index is 603. The maximum absolute atomic E-state index is 13.1. The van der Waals surface area contributed by atoms with E-state index < -0.39 is 0 Å². The van der Waals surface area contributed by atoms with Gasteiger partial charge in [0, 0.05) is 21.7 Å². The summed E-state index contributed by atoms with van der Waals surface area (Å²) in [6.07, 6.45) is 0.786. The second-order valence-corrected chi connectivity index (χ2v) is 6.47. The molecule has 4 heteroatoms. The second-order valence-electron chi connectivity index (χ2n) is 5.00. The van der Waals surface area contributed by atoms with Crippen LogP contribution in [0.25, 0.3) is 0 Å². The fraction of sp³-hybridized carbons (Fsp3) is 0.294. The minimum atomic E-state index is -0.293. The molecule has 0 aromatic heterocycles. The Labute approximate surface area is 134 Å². The first-order valence-electron chi connectivity index (χ1n) is 6.89. The van der Waals surface area contributed by atoms with Gasteiger partial charge in [-0.25, -0.2) is 4.39 Å². The van der Waals surface area contributed by atoms with Crippen molar-refractivity contribution in [2.45, 2.75) is 24.3 Å². The number of nitrogens with one attached hydrogen (secondary N) is 1. The molecule has 21 heavy (non-hydrogen) atoms. The van der Waals surface area contributed by atoms with Crippen molar-refractivity contribution in [3.63, 3.8) is 0 Å². The first-order chi connectivity index (χ1) is 10.1. The number of likely N-dealkylation sites (N-methyl/N-ethyl adjacent to an activating group) is 1. The molecule has 0 aliphatic heterocycles. The lowest BCUT2D eigenvalue weighted by Crippen LogP contribution is -2.30. The Morgan fingerprint density at radius 3 is 2.67 bits per heavy atom. The van der Waals surface area contributed by atoms with Crippen molar-refractivity contribution in [2.75, 3.05) is 12.8 Å². The van der Waals surface area contributed by atoms with Crippen LogP contribution in [0, 0.1) is 12.7 Å². The van der Waals surface area contributed by atoms with Gasteiger partial charge in [0.15, 0.2) is 0 Å². The molecule has 1 nitrogen and oxygen atoms in total. The summed E-state index contributed by atoms with van der Waals surface area (Å²) in [5.74, 6) is 0.647. The van der Waals surface area contributed by atoms with Gasteiger partial charge in [0.05, 0.1) is 0 Å². The van der Waals surface area contributed by atoms with Crippen LogP contribution < -0.4 is 5.32 Å². The molecule has 2 aromatic rings. The molecular weight excluding hydrogens is 305 g/mol. The summed E-state index contributed by atoms with van der Waals surface area (Å²) in [5.41, 5.74) is 2.26. The highest BCUT2D eigenvalue weighted by molar-refractivity contribution is 7.99. The number of thioether (sulfide) groups is 1. The molecule has 0 aliphatic carbocycles. The molecule has 0 heterocycles. The van der Waals surface area contributed by atoms with Gasteiger partial charge in [0.2, 0.25) is 0 Å². The molecule has 0 spiro atoms. The van der Waals surface area contributed by atoms with Crippen LogP contribution in [0.2, 0.25) is 5.02 Å². The van der Waals surface area contributed by atoms with E-state index in [0.29, 0.717) is 5.02 Å². The monoisotopic (exact) mass is 323 g/mol. The van der Waals surface area contributed by atoms with Crippen molar-refractivity contribution in [3.8, 4) is 0 Å². The molecule has 0 saturated carbocycles. The average molecular weight is 324 g/mol. The van der Waals surface area contributed by atoms with Gasteiger partial charge in [-0.15, -0.1) is 11.8 Å². The van der Waals surface area contributed by atoms with Crippen LogP contribution >= 0.6 is 23.4 Å². The second kappa shape index (κ2) is 7.83. The first-order valence-corrected chi connectivity index (χ1v) is 8.26. The summed E-state index contributed by atoms with van der Waals surface area (Å²) < 4.78 is 13.1. The van der Waals surface area contributed by atoms with Crippen molar-refractivity contribution in [1.82, 2.24) is 5.32 Å². The van der Waals surface area contributed by atoms with E-state index >= 15 is 0 Å². The third-order valence-electron chi connectivity index (χ3n) is 3.42. The number of halogens is 2. The van der Waals surface area contributed by atoms with Gasteiger partial charge < -0.3 is 5.32 Å².